The van der Waals surface area contributed by atoms with Crippen molar-refractivity contribution in [1.82, 2.24) is 19.9 Å². The zero-order chi connectivity index (χ0) is 20.5. The zero-order valence-electron chi connectivity index (χ0n) is 16.8. The molecule has 0 bridgehead atoms. The van der Waals surface area contributed by atoms with E-state index < -0.39 is 0 Å². The predicted octanol–water partition coefficient (Wildman–Crippen LogP) is 1.74. The van der Waals surface area contributed by atoms with E-state index in [1.807, 2.05) is 49.3 Å². The third kappa shape index (κ3) is 3.69. The molecular formula is C20H24N6O2S. The van der Waals surface area contributed by atoms with E-state index in [-0.39, 0.29) is 17.5 Å². The van der Waals surface area contributed by atoms with Gasteiger partial charge in [-0.25, -0.2) is 9.97 Å². The molecule has 3 heterocycles. The van der Waals surface area contributed by atoms with Crippen molar-refractivity contribution in [2.75, 3.05) is 30.4 Å². The molecule has 0 saturated carbocycles. The van der Waals surface area contributed by atoms with E-state index in [1.54, 1.807) is 11.9 Å². The fourth-order valence-corrected chi connectivity index (χ4v) is 4.63. The fourth-order valence-electron chi connectivity index (χ4n) is 3.63. The quantitative estimate of drug-likeness (QED) is 0.687. The first-order chi connectivity index (χ1) is 14.0. The van der Waals surface area contributed by atoms with Crippen LogP contribution in [-0.2, 0) is 18.4 Å². The first-order valence-corrected chi connectivity index (χ1v) is 10.4. The Morgan fingerprint density at radius 3 is 2.76 bits per heavy atom. The van der Waals surface area contributed by atoms with Gasteiger partial charge in [0.05, 0.1) is 0 Å². The predicted molar refractivity (Wildman–Crippen MR) is 116 cm³/mol. The summed E-state index contributed by atoms with van der Waals surface area (Å²) in [5.41, 5.74) is 1.24. The van der Waals surface area contributed by atoms with Gasteiger partial charge >= 0.3 is 0 Å². The number of anilines is 2. The van der Waals surface area contributed by atoms with Crippen molar-refractivity contribution in [3.8, 4) is 0 Å². The maximum Gasteiger partial charge on any atom is 0.282 e. The molecule has 0 aliphatic carbocycles. The second-order valence-electron chi connectivity index (χ2n) is 7.38. The van der Waals surface area contributed by atoms with Crippen molar-refractivity contribution in [2.45, 2.75) is 25.4 Å². The van der Waals surface area contributed by atoms with E-state index in [0.29, 0.717) is 28.0 Å². The van der Waals surface area contributed by atoms with Gasteiger partial charge in [0.25, 0.3) is 5.56 Å². The second-order valence-corrected chi connectivity index (χ2v) is 8.33. The number of thiazole rings is 1. The van der Waals surface area contributed by atoms with Crippen LogP contribution < -0.4 is 20.7 Å². The topological polar surface area (TPSA) is 83.4 Å². The lowest BCUT2D eigenvalue weighted by atomic mass is 10.2. The highest BCUT2D eigenvalue weighted by Crippen LogP contribution is 2.32. The summed E-state index contributed by atoms with van der Waals surface area (Å²) in [6.07, 6.45) is 1.68. The fraction of sp³-hybridized carbons (Fsp3) is 0.400. The number of hydrogen-bond donors (Lipinski definition) is 1. The summed E-state index contributed by atoms with van der Waals surface area (Å²) in [4.78, 5) is 39.1. The van der Waals surface area contributed by atoms with Crippen LogP contribution in [0.25, 0.3) is 10.3 Å². The lowest BCUT2D eigenvalue weighted by Crippen LogP contribution is -2.43. The van der Waals surface area contributed by atoms with E-state index in [9.17, 15) is 9.59 Å². The Balaban J connectivity index is 1.58. The third-order valence-electron chi connectivity index (χ3n) is 5.12. The highest BCUT2D eigenvalue weighted by molar-refractivity contribution is 7.21. The molecule has 1 aromatic carbocycles. The van der Waals surface area contributed by atoms with Crippen molar-refractivity contribution >= 4 is 38.7 Å². The molecule has 1 aliphatic heterocycles. The van der Waals surface area contributed by atoms with Crippen LogP contribution in [0.1, 0.15) is 18.4 Å². The van der Waals surface area contributed by atoms with Gasteiger partial charge in [-0.05, 0) is 18.4 Å². The van der Waals surface area contributed by atoms with Crippen LogP contribution in [0.5, 0.6) is 0 Å². The number of nitrogens with one attached hydrogen (secondary N) is 1. The average Bonchev–Trinajstić information content (AvgIpc) is 3.36. The number of hydrogen-bond acceptors (Lipinski definition) is 7. The molecule has 1 N–H and O–H groups in total. The number of rotatable bonds is 5. The smallest absolute Gasteiger partial charge is 0.282 e. The van der Waals surface area contributed by atoms with Gasteiger partial charge in [0, 0.05) is 34.2 Å². The molecule has 29 heavy (non-hydrogen) atoms. The normalized spacial score (nSPS) is 16.4. The number of benzene rings is 1. The van der Waals surface area contributed by atoms with Gasteiger partial charge in [-0.3, -0.25) is 14.2 Å². The molecule has 4 rings (SSSR count). The van der Waals surface area contributed by atoms with Crippen molar-refractivity contribution in [3.05, 3.63) is 46.2 Å². The molecule has 152 valence electrons. The van der Waals surface area contributed by atoms with Crippen LogP contribution in [0.4, 0.5) is 11.1 Å². The van der Waals surface area contributed by atoms with E-state index >= 15 is 0 Å². The Hall–Kier alpha value is -2.94. The maximum atomic E-state index is 12.8. The van der Waals surface area contributed by atoms with Crippen molar-refractivity contribution in [3.63, 3.8) is 0 Å². The summed E-state index contributed by atoms with van der Waals surface area (Å²) in [5, 5.41) is 3.71. The molecule has 2 aromatic heterocycles. The Labute approximate surface area is 172 Å². The monoisotopic (exact) mass is 412 g/mol. The number of fused-ring (bicyclic) bond motifs is 1. The van der Waals surface area contributed by atoms with Crippen molar-refractivity contribution in [1.29, 1.82) is 0 Å². The Morgan fingerprint density at radius 1 is 1.28 bits per heavy atom. The van der Waals surface area contributed by atoms with Gasteiger partial charge in [-0.1, -0.05) is 41.7 Å². The minimum absolute atomic E-state index is 0.0135. The van der Waals surface area contributed by atoms with E-state index in [0.717, 1.165) is 24.9 Å². The van der Waals surface area contributed by atoms with Gasteiger partial charge in [0.15, 0.2) is 15.5 Å². The van der Waals surface area contributed by atoms with Crippen LogP contribution in [0.3, 0.4) is 0 Å². The molecule has 0 spiro atoms. The van der Waals surface area contributed by atoms with Crippen LogP contribution in [0, 0.1) is 0 Å². The molecule has 1 amide bonds. The second kappa shape index (κ2) is 7.82. The first-order valence-electron chi connectivity index (χ1n) is 9.59. The minimum Gasteiger partial charge on any atom is -0.350 e. The number of nitrogens with zero attached hydrogens (tertiary/aromatic N) is 5. The molecule has 1 aliphatic rings. The molecule has 9 heteroatoms. The number of aromatic nitrogens is 3. The zero-order valence-corrected chi connectivity index (χ0v) is 17.6. The molecule has 8 nitrogen and oxygen atoms in total. The number of carbonyl (C=O) groups excluding carboxylic acids is 1. The molecule has 1 saturated heterocycles. The lowest BCUT2D eigenvalue weighted by Gasteiger charge is -2.23. The highest BCUT2D eigenvalue weighted by atomic mass is 32.1. The summed E-state index contributed by atoms with van der Waals surface area (Å²) in [7, 11) is 5.39. The lowest BCUT2D eigenvalue weighted by molar-refractivity contribution is -0.122. The van der Waals surface area contributed by atoms with Gasteiger partial charge in [-0.2, -0.15) is 0 Å². The van der Waals surface area contributed by atoms with Gasteiger partial charge in [0.2, 0.25) is 11.9 Å². The first kappa shape index (κ1) is 19.4. The van der Waals surface area contributed by atoms with Crippen LogP contribution >= 0.6 is 11.3 Å². The summed E-state index contributed by atoms with van der Waals surface area (Å²) in [6, 6.07) is 9.57. The Bertz CT molecular complexity index is 1090. The largest absolute Gasteiger partial charge is 0.350 e. The van der Waals surface area contributed by atoms with E-state index in [2.05, 4.69) is 15.3 Å². The van der Waals surface area contributed by atoms with Gasteiger partial charge < -0.3 is 15.1 Å². The number of carbonyl (C=O) groups is 1. The number of amides is 1. The van der Waals surface area contributed by atoms with Crippen LogP contribution in [0.2, 0.25) is 0 Å². The minimum atomic E-state index is -0.281. The summed E-state index contributed by atoms with van der Waals surface area (Å²) >= 11 is 1.37. The van der Waals surface area contributed by atoms with Crippen LogP contribution in [-0.4, -0.2) is 47.1 Å². The molecule has 1 fully saturated rings. The van der Waals surface area contributed by atoms with Crippen LogP contribution in [0.15, 0.2) is 35.1 Å². The molecule has 3 aromatic rings. The molecule has 1 atom stereocenters. The van der Waals surface area contributed by atoms with E-state index in [1.165, 1.54) is 15.9 Å². The molecule has 1 unspecified atom stereocenters. The summed E-state index contributed by atoms with van der Waals surface area (Å²) in [6.45, 7) is 1.24. The third-order valence-corrected chi connectivity index (χ3v) is 6.10. The van der Waals surface area contributed by atoms with Gasteiger partial charge in [0.1, 0.15) is 6.04 Å². The summed E-state index contributed by atoms with van der Waals surface area (Å²) < 4.78 is 1.50. The van der Waals surface area contributed by atoms with E-state index in [4.69, 9.17) is 0 Å². The maximum absolute atomic E-state index is 12.8. The van der Waals surface area contributed by atoms with Gasteiger partial charge in [-0.15, -0.1) is 0 Å². The molecule has 0 radical (unpaired) electrons. The standard InChI is InChI=1S/C20H24N6O2S/c1-24(2)19-23-17-15(18(28)25(19)3)22-20(29-17)26-11-7-10-14(26)16(27)21-12-13-8-5-4-6-9-13/h4-6,8-9,14H,7,10-12H2,1-3H3,(H,21,27). The summed E-state index contributed by atoms with van der Waals surface area (Å²) in [5.74, 6) is 0.566. The van der Waals surface area contributed by atoms with Crippen molar-refractivity contribution < 1.29 is 4.79 Å². The SMILES string of the molecule is CN(C)c1nc2sc(N3CCCC3C(=O)NCc3ccccc3)nc2c(=O)n1C. The Kier molecular flexibility index (Phi) is 5.23. The Morgan fingerprint density at radius 2 is 2.03 bits per heavy atom. The highest BCUT2D eigenvalue weighted by Gasteiger charge is 2.33. The average molecular weight is 413 g/mol. The van der Waals surface area contributed by atoms with Crippen molar-refractivity contribution in [2.24, 2.45) is 7.05 Å². The molecular weight excluding hydrogens is 388 g/mol.